The molecule has 0 nitrogen and oxygen atoms in total. The van der Waals surface area contributed by atoms with Crippen molar-refractivity contribution in [1.82, 2.24) is 0 Å². The molecule has 0 saturated carbocycles. The zero-order valence-electron chi connectivity index (χ0n) is 24.2. The van der Waals surface area contributed by atoms with Gasteiger partial charge in [0.15, 0.2) is 0 Å². The number of unbranched alkanes of at least 4 members (excludes halogenated alkanes) is 2. The summed E-state index contributed by atoms with van der Waals surface area (Å²) in [5.74, 6) is 0. The predicted molar refractivity (Wildman–Crippen MR) is 204 cm³/mol. The van der Waals surface area contributed by atoms with Crippen LogP contribution < -0.4 is 0 Å². The van der Waals surface area contributed by atoms with Crippen LogP contribution in [-0.2, 0) is 18.3 Å². The maximum Gasteiger partial charge on any atom is 0.0296 e. The van der Waals surface area contributed by atoms with Crippen LogP contribution in [0, 0.1) is 0 Å². The van der Waals surface area contributed by atoms with E-state index < -0.39 is 0 Å². The molecule has 0 fully saturated rings. The molecule has 0 unspecified atom stereocenters. The summed E-state index contributed by atoms with van der Waals surface area (Å²) in [5, 5.41) is 0. The molecule has 6 rings (SSSR count). The molecule has 4 aromatic rings. The van der Waals surface area contributed by atoms with Gasteiger partial charge in [-0.05, 0) is 108 Å². The quantitative estimate of drug-likeness (QED) is 0.126. The molecule has 236 valence electrons. The van der Waals surface area contributed by atoms with Gasteiger partial charge in [-0.3, -0.25) is 0 Å². The first-order valence-electron chi connectivity index (χ1n) is 15.3. The highest BCUT2D eigenvalue weighted by Crippen LogP contribution is 2.55. The summed E-state index contributed by atoms with van der Waals surface area (Å²) in [5.41, 5.74) is 12.7. The molecule has 0 aliphatic heterocycles. The molecular formula is C45H56. The van der Waals surface area contributed by atoms with Crippen molar-refractivity contribution in [3.8, 4) is 22.3 Å². The lowest BCUT2D eigenvalue weighted by Crippen LogP contribution is -2.25. The van der Waals surface area contributed by atoms with Crippen molar-refractivity contribution in [2.24, 2.45) is 0 Å². The maximum absolute atomic E-state index is 2.48. The average Bonchev–Trinajstić information content (AvgIpc) is 3.54. The Kier molecular flexibility index (Phi) is 14.3. The molecule has 0 atom stereocenters. The fourth-order valence-electron chi connectivity index (χ4n) is 6.70. The van der Waals surface area contributed by atoms with Gasteiger partial charge < -0.3 is 0 Å². The van der Waals surface area contributed by atoms with Crippen molar-refractivity contribution >= 4 is 6.08 Å². The van der Waals surface area contributed by atoms with E-state index in [1.54, 1.807) is 0 Å². The van der Waals surface area contributed by atoms with Crippen LogP contribution >= 0.6 is 0 Å². The summed E-state index contributed by atoms with van der Waals surface area (Å²) < 4.78 is 0. The zero-order chi connectivity index (χ0) is 27.9. The van der Waals surface area contributed by atoms with Crippen LogP contribution in [0.5, 0.6) is 0 Å². The number of allylic oxidation sites excluding steroid dienone is 7. The lowest BCUT2D eigenvalue weighted by atomic mass is 9.75. The SMILES string of the molecule is C.C.C.C.C/C=C\CC/C=C\CC/C=C\C/C=C/c1ccc(-c2ccc3c(c2)C2(Cc4ccccc4C2)c2ccccc2-3)cc1. The second-order valence-corrected chi connectivity index (χ2v) is 11.4. The van der Waals surface area contributed by atoms with E-state index in [9.17, 15) is 0 Å². The van der Waals surface area contributed by atoms with Crippen LogP contribution in [0.2, 0.25) is 0 Å². The lowest BCUT2D eigenvalue weighted by molar-refractivity contribution is 0.564. The Morgan fingerprint density at radius 2 is 1.09 bits per heavy atom. The smallest absolute Gasteiger partial charge is 0.0296 e. The normalized spacial score (nSPS) is 13.7. The van der Waals surface area contributed by atoms with Gasteiger partial charge in [0.05, 0.1) is 0 Å². The molecule has 0 heteroatoms. The third-order valence-electron chi connectivity index (χ3n) is 8.77. The van der Waals surface area contributed by atoms with E-state index >= 15 is 0 Å². The van der Waals surface area contributed by atoms with Gasteiger partial charge in [-0.2, -0.15) is 0 Å². The molecule has 0 aromatic heterocycles. The number of rotatable bonds is 10. The average molecular weight is 597 g/mol. The maximum atomic E-state index is 2.48. The highest BCUT2D eigenvalue weighted by Gasteiger charge is 2.46. The van der Waals surface area contributed by atoms with Crippen LogP contribution in [0.1, 0.15) is 96.6 Å². The van der Waals surface area contributed by atoms with Crippen molar-refractivity contribution < 1.29 is 0 Å². The molecule has 45 heavy (non-hydrogen) atoms. The van der Waals surface area contributed by atoms with Gasteiger partial charge >= 0.3 is 0 Å². The number of hydrogen-bond acceptors (Lipinski definition) is 0. The molecule has 4 aromatic carbocycles. The van der Waals surface area contributed by atoms with Crippen molar-refractivity contribution in [2.45, 2.75) is 87.0 Å². The third-order valence-corrected chi connectivity index (χ3v) is 8.77. The lowest BCUT2D eigenvalue weighted by Gasteiger charge is -2.27. The monoisotopic (exact) mass is 596 g/mol. The molecular weight excluding hydrogens is 540 g/mol. The van der Waals surface area contributed by atoms with Gasteiger partial charge in [0.1, 0.15) is 0 Å². The molecule has 0 bridgehead atoms. The molecule has 0 heterocycles. The van der Waals surface area contributed by atoms with E-state index in [-0.39, 0.29) is 35.1 Å². The third kappa shape index (κ3) is 7.93. The molecule has 0 radical (unpaired) electrons. The summed E-state index contributed by atoms with van der Waals surface area (Å²) in [6.07, 6.45) is 25.7. The van der Waals surface area contributed by atoms with Gasteiger partial charge in [-0.15, -0.1) is 0 Å². The molecule has 0 N–H and O–H groups in total. The number of hydrogen-bond donors (Lipinski definition) is 0. The van der Waals surface area contributed by atoms with E-state index in [0.717, 1.165) is 44.9 Å². The summed E-state index contributed by atoms with van der Waals surface area (Å²) in [7, 11) is 0. The van der Waals surface area contributed by atoms with Crippen LogP contribution in [0.25, 0.3) is 28.3 Å². The Hall–Kier alpha value is -4.16. The standard InChI is InChI=1S/C41H40.4CH4/c1-2-3-4-5-6-7-8-9-10-11-12-13-18-32-23-25-33(26-24-32)34-27-28-38-37-21-16-17-22-39(37)41(40(38)29-34)30-35-19-14-15-20-36(35)31-41;;;;/h2-3,6-7,10-11,13-29H,4-5,8-9,12,30-31H2,1H3;4*1H4/b3-2-,7-6-,11-10-,18-13+;;;;. The number of benzene rings is 4. The van der Waals surface area contributed by atoms with Crippen molar-refractivity contribution in [1.29, 1.82) is 0 Å². The molecule has 1 spiro atoms. The van der Waals surface area contributed by atoms with Crippen molar-refractivity contribution in [3.05, 3.63) is 161 Å². The van der Waals surface area contributed by atoms with Crippen LogP contribution in [0.3, 0.4) is 0 Å². The summed E-state index contributed by atoms with van der Waals surface area (Å²) in [6.45, 7) is 2.08. The fourth-order valence-corrected chi connectivity index (χ4v) is 6.70. The Bertz CT molecular complexity index is 1580. The first-order valence-corrected chi connectivity index (χ1v) is 15.3. The van der Waals surface area contributed by atoms with E-state index in [1.807, 2.05) is 0 Å². The second kappa shape index (κ2) is 17.4. The summed E-state index contributed by atoms with van der Waals surface area (Å²) in [4.78, 5) is 0. The minimum absolute atomic E-state index is 0. The molecule has 0 saturated heterocycles. The minimum atomic E-state index is 0. The van der Waals surface area contributed by atoms with Gasteiger partial charge in [0.2, 0.25) is 0 Å². The van der Waals surface area contributed by atoms with Crippen molar-refractivity contribution in [2.75, 3.05) is 0 Å². The minimum Gasteiger partial charge on any atom is -0.0917 e. The molecule has 2 aliphatic rings. The number of fused-ring (bicyclic) bond motifs is 6. The Balaban J connectivity index is 0.00000176. The summed E-state index contributed by atoms with van der Waals surface area (Å²) >= 11 is 0. The Labute approximate surface area is 276 Å². The van der Waals surface area contributed by atoms with Crippen LogP contribution in [0.15, 0.2) is 134 Å². The first kappa shape index (κ1) is 37.0. The Morgan fingerprint density at radius 3 is 1.76 bits per heavy atom. The van der Waals surface area contributed by atoms with Gasteiger partial charge in [-0.1, -0.05) is 163 Å². The highest BCUT2D eigenvalue weighted by molar-refractivity contribution is 5.85. The highest BCUT2D eigenvalue weighted by atomic mass is 14.5. The van der Waals surface area contributed by atoms with Crippen LogP contribution in [-0.4, -0.2) is 0 Å². The van der Waals surface area contributed by atoms with Gasteiger partial charge in [0.25, 0.3) is 0 Å². The molecule has 0 amide bonds. The van der Waals surface area contributed by atoms with Crippen molar-refractivity contribution in [3.63, 3.8) is 0 Å². The largest absolute Gasteiger partial charge is 0.0917 e. The van der Waals surface area contributed by atoms with E-state index in [4.69, 9.17) is 0 Å². The fraction of sp³-hybridized carbons (Fsp3) is 0.289. The van der Waals surface area contributed by atoms with E-state index in [0.29, 0.717) is 0 Å². The van der Waals surface area contributed by atoms with E-state index in [2.05, 4.69) is 147 Å². The summed E-state index contributed by atoms with van der Waals surface area (Å²) in [6, 6.07) is 34.3. The van der Waals surface area contributed by atoms with Crippen LogP contribution in [0.4, 0.5) is 0 Å². The van der Waals surface area contributed by atoms with E-state index in [1.165, 1.54) is 50.1 Å². The zero-order valence-corrected chi connectivity index (χ0v) is 24.2. The Morgan fingerprint density at radius 1 is 0.533 bits per heavy atom. The predicted octanol–water partition coefficient (Wildman–Crippen LogP) is 13.6. The molecule has 2 aliphatic carbocycles. The second-order valence-electron chi connectivity index (χ2n) is 11.4. The first-order chi connectivity index (χ1) is 20.3. The topological polar surface area (TPSA) is 0 Å². The van der Waals surface area contributed by atoms with Gasteiger partial charge in [0, 0.05) is 5.41 Å². The van der Waals surface area contributed by atoms with Gasteiger partial charge in [-0.25, -0.2) is 0 Å².